The van der Waals surface area contributed by atoms with Crippen LogP contribution in [-0.4, -0.2) is 11.7 Å². The number of amides is 1. The average molecular weight is 303 g/mol. The number of hydrogen-bond acceptors (Lipinski definition) is 11. The van der Waals surface area contributed by atoms with Gasteiger partial charge < -0.3 is 42.6 Å². The second kappa shape index (κ2) is 36.0. The summed E-state index contributed by atoms with van der Waals surface area (Å²) in [6.07, 6.45) is 0. The van der Waals surface area contributed by atoms with Crippen LogP contribution in [0.1, 0.15) is 14.4 Å². The number of hydrogen-bond donors (Lipinski definition) is 10. The van der Waals surface area contributed by atoms with E-state index in [0.717, 1.165) is 0 Å². The highest BCUT2D eigenvalue weighted by Crippen LogP contribution is 1.70. The van der Waals surface area contributed by atoms with Crippen LogP contribution in [0.15, 0.2) is 5.11 Å². The summed E-state index contributed by atoms with van der Waals surface area (Å²) in [5.41, 5.74) is 27.1. The molecular formula is C6H33N13O. The molecule has 0 saturated carbocycles. The van der Waals surface area contributed by atoms with Gasteiger partial charge in [0.15, 0.2) is 5.79 Å². The van der Waals surface area contributed by atoms with Crippen molar-refractivity contribution in [3.8, 4) is 12.0 Å². The minimum absolute atomic E-state index is 0. The number of nitrogens with zero attached hydrogens (tertiary/aromatic N) is 3. The summed E-state index contributed by atoms with van der Waals surface area (Å²) in [5.74, 6) is 0.177. The van der Waals surface area contributed by atoms with Gasteiger partial charge in [0.05, 0.1) is 0 Å². The molecule has 20 heavy (non-hydrogen) atoms. The highest BCUT2D eigenvalue weighted by Gasteiger charge is 2.03. The van der Waals surface area contributed by atoms with Crippen LogP contribution >= 0.6 is 0 Å². The summed E-state index contributed by atoms with van der Waals surface area (Å²) in [6, 6.07) is 1.96. The van der Waals surface area contributed by atoms with Crippen LogP contribution in [0.2, 0.25) is 0 Å². The maximum atomic E-state index is 9.22. The fourth-order valence-electron chi connectivity index (χ4n) is 0.144. The molecule has 0 saturated heterocycles. The van der Waals surface area contributed by atoms with E-state index in [9.17, 15) is 4.79 Å². The summed E-state index contributed by atoms with van der Waals surface area (Å²) in [7, 11) is 0. The Morgan fingerprint density at radius 3 is 1.50 bits per heavy atom. The Morgan fingerprint density at radius 2 is 1.35 bits per heavy atom. The molecule has 0 radical (unpaired) electrons. The van der Waals surface area contributed by atoms with Crippen LogP contribution in [0.25, 0.3) is 10.4 Å². The van der Waals surface area contributed by atoms with Crippen LogP contribution in [0.3, 0.4) is 0 Å². The van der Waals surface area contributed by atoms with Gasteiger partial charge >= 0.3 is 0 Å². The first kappa shape index (κ1) is 64.3. The highest BCUT2D eigenvalue weighted by molar-refractivity contribution is 5.70. The Balaban J connectivity index is -0.0000000144. The molecule has 128 valence electrons. The van der Waals surface area contributed by atoms with Crippen molar-refractivity contribution in [2.75, 3.05) is 0 Å². The third kappa shape index (κ3) is 226. The van der Waals surface area contributed by atoms with Gasteiger partial charge in [0.1, 0.15) is 0 Å². The number of nitrogens with two attached hydrogens (primary N) is 4. The van der Waals surface area contributed by atoms with Crippen LogP contribution in [0.5, 0.6) is 0 Å². The number of rotatable bonds is 0. The Kier molecular flexibility index (Phi) is 116. The van der Waals surface area contributed by atoms with Gasteiger partial charge in [0, 0.05) is 11.8 Å². The molecule has 0 aliphatic rings. The Hall–Kier alpha value is -2.02. The van der Waals surface area contributed by atoms with Crippen LogP contribution in [-0.2, 0) is 4.79 Å². The van der Waals surface area contributed by atoms with Crippen molar-refractivity contribution in [1.82, 2.24) is 36.9 Å². The molecule has 0 fully saturated rings. The zero-order chi connectivity index (χ0) is 10.9. The third-order valence-corrected chi connectivity index (χ3v) is 0.367. The molecule has 0 aliphatic carbocycles. The molecule has 0 aromatic carbocycles. The zero-order valence-electron chi connectivity index (χ0n) is 11.3. The second-order valence-corrected chi connectivity index (χ2v) is 1.97. The van der Waals surface area contributed by atoms with Gasteiger partial charge in [-0.05, 0) is 22.6 Å². The molecule has 0 heterocycles. The Labute approximate surface area is 119 Å². The van der Waals surface area contributed by atoms with Gasteiger partial charge in [-0.3, -0.25) is 22.0 Å². The summed E-state index contributed by atoms with van der Waals surface area (Å²) < 4.78 is 0. The lowest BCUT2D eigenvalue weighted by Gasteiger charge is -2.06. The van der Waals surface area contributed by atoms with Crippen LogP contribution in [0.4, 0.5) is 0 Å². The predicted octanol–water partition coefficient (Wildman–Crippen LogP) is -0.113. The predicted molar refractivity (Wildman–Crippen MR) is 83.9 cm³/mol. The van der Waals surface area contributed by atoms with Gasteiger partial charge in [-0.2, -0.15) is 0 Å². The van der Waals surface area contributed by atoms with Crippen molar-refractivity contribution >= 4 is 5.91 Å². The number of azide groups is 1. The molecule has 14 heteroatoms. The molecule has 0 aliphatic heterocycles. The lowest BCUT2D eigenvalue weighted by molar-refractivity contribution is -0.115. The molecule has 0 unspecified atom stereocenters. The van der Waals surface area contributed by atoms with E-state index in [0.29, 0.717) is 0 Å². The van der Waals surface area contributed by atoms with Gasteiger partial charge in [-0.1, -0.05) is 7.43 Å². The van der Waals surface area contributed by atoms with E-state index < -0.39 is 5.79 Å². The number of carbonyl (C=O) groups is 1. The van der Waals surface area contributed by atoms with E-state index in [1.807, 2.05) is 6.04 Å². The van der Waals surface area contributed by atoms with E-state index in [4.69, 9.17) is 22.7 Å². The smallest absolute Gasteiger partial charge is 0.214 e. The van der Waals surface area contributed by atoms with E-state index >= 15 is 0 Å². The zero-order valence-corrected chi connectivity index (χ0v) is 11.3. The molecule has 14 nitrogen and oxygen atoms in total. The molecule has 0 aromatic rings. The first-order valence-corrected chi connectivity index (χ1v) is 2.98. The molecule has 0 bridgehead atoms. The van der Waals surface area contributed by atoms with Crippen LogP contribution in [0, 0.1) is 12.0 Å². The van der Waals surface area contributed by atoms with E-state index in [1.54, 1.807) is 0 Å². The topological polar surface area (TPSA) is 380 Å². The van der Waals surface area contributed by atoms with E-state index in [1.165, 1.54) is 6.92 Å². The standard InChI is InChI=1S/C3H6N6.C2H5NO.CH4.6H3N/c4-3(5,6)1-2-8-9-7;1-2(3)4;;;;;;;/h4-6H2;1H3,(H2,3,4);1H4;6*1H3. The molecule has 0 spiro atoms. The van der Waals surface area contributed by atoms with Crippen LogP contribution < -0.4 is 59.8 Å². The minimum atomic E-state index is -1.58. The monoisotopic (exact) mass is 303 g/mol. The van der Waals surface area contributed by atoms with Crippen molar-refractivity contribution in [3.63, 3.8) is 0 Å². The lowest BCUT2D eigenvalue weighted by Crippen LogP contribution is -2.56. The van der Waals surface area contributed by atoms with Gasteiger partial charge in [0.2, 0.25) is 5.91 Å². The van der Waals surface area contributed by atoms with E-state index in [-0.39, 0.29) is 50.2 Å². The largest absolute Gasteiger partial charge is 0.370 e. The average Bonchev–Trinajstić information content (AvgIpc) is 1.83. The number of primary amides is 1. The molecular weight excluding hydrogens is 270 g/mol. The fraction of sp³-hybridized carbons (Fsp3) is 0.500. The fourth-order valence-corrected chi connectivity index (χ4v) is 0.144. The van der Waals surface area contributed by atoms with E-state index in [2.05, 4.69) is 21.7 Å². The maximum Gasteiger partial charge on any atom is 0.214 e. The lowest BCUT2D eigenvalue weighted by atomic mass is 10.4. The van der Waals surface area contributed by atoms with Crippen molar-refractivity contribution in [1.29, 1.82) is 0 Å². The molecule has 0 atom stereocenters. The van der Waals surface area contributed by atoms with Crippen molar-refractivity contribution in [2.24, 2.45) is 28.0 Å². The summed E-state index contributed by atoms with van der Waals surface area (Å²) in [6.45, 7) is 1.31. The van der Waals surface area contributed by atoms with Gasteiger partial charge in [-0.15, -0.1) is 0 Å². The summed E-state index contributed by atoms with van der Waals surface area (Å²) >= 11 is 0. The molecule has 0 rings (SSSR count). The Bertz CT molecular complexity index is 263. The quantitative estimate of drug-likeness (QED) is 0.0927. The van der Waals surface area contributed by atoms with Gasteiger partial charge in [-0.25, -0.2) is 0 Å². The second-order valence-electron chi connectivity index (χ2n) is 1.97. The minimum Gasteiger partial charge on any atom is -0.370 e. The maximum absolute atomic E-state index is 9.22. The number of carbonyl (C=O) groups excluding carboxylic acids is 1. The first-order valence-electron chi connectivity index (χ1n) is 2.98. The highest BCUT2D eigenvalue weighted by atomic mass is 16.1. The molecule has 1 amide bonds. The molecule has 26 N–H and O–H groups in total. The first-order chi connectivity index (χ1) is 5.79. The van der Waals surface area contributed by atoms with Crippen molar-refractivity contribution in [2.45, 2.75) is 20.1 Å². The summed E-state index contributed by atoms with van der Waals surface area (Å²) in [4.78, 5) is 11.5. The molecule has 0 aromatic heterocycles. The summed E-state index contributed by atoms with van der Waals surface area (Å²) in [5, 5.41) is 2.84. The normalized spacial score (nSPS) is 5.20. The third-order valence-electron chi connectivity index (χ3n) is 0.367. The SMILES string of the molecule is C.CC(N)=O.N.N.N.N.N.N.[N-]=[N+]=NC#CC(N)(N)N. The van der Waals surface area contributed by atoms with Crippen molar-refractivity contribution < 1.29 is 4.79 Å². The Morgan fingerprint density at radius 1 is 1.10 bits per heavy atom. The van der Waals surface area contributed by atoms with Gasteiger partial charge in [0.25, 0.3) is 0 Å². The van der Waals surface area contributed by atoms with Crippen molar-refractivity contribution in [3.05, 3.63) is 10.4 Å².